The second-order valence-corrected chi connectivity index (χ2v) is 9.66. The third-order valence-corrected chi connectivity index (χ3v) is 6.96. The predicted molar refractivity (Wildman–Crippen MR) is 134 cm³/mol. The number of alkyl halides is 2. The quantitative estimate of drug-likeness (QED) is 0.446. The molecular formula is C26H21ClF3N5O4. The molecule has 2 heterocycles. The van der Waals surface area contributed by atoms with Crippen LogP contribution in [-0.4, -0.2) is 52.0 Å². The van der Waals surface area contributed by atoms with Crippen LogP contribution in [0.15, 0.2) is 67.0 Å². The molecule has 2 N–H and O–H groups in total. The summed E-state index contributed by atoms with van der Waals surface area (Å²) >= 11 is 6.49. The first-order valence-corrected chi connectivity index (χ1v) is 12.2. The topological polar surface area (TPSA) is 114 Å². The van der Waals surface area contributed by atoms with Gasteiger partial charge < -0.3 is 15.4 Å². The van der Waals surface area contributed by atoms with Gasteiger partial charge in [-0.3, -0.25) is 9.59 Å². The first-order valence-electron chi connectivity index (χ1n) is 11.8. The number of carbonyl (C=O) groups excluding carboxylic acids is 3. The van der Waals surface area contributed by atoms with Gasteiger partial charge in [0.1, 0.15) is 18.3 Å². The average molecular weight is 560 g/mol. The number of rotatable bonds is 7. The molecule has 2 aromatic carbocycles. The summed E-state index contributed by atoms with van der Waals surface area (Å²) in [4.78, 5) is 50.2. The number of nitrogens with one attached hydrogen (secondary N) is 2. The standard InChI is InChI=1S/C26H21ClF3N5O4/c27-19-8-2-1-7-18(19)20(21(36)33-17-12-25(29,30)13-17)26(22(37)34-16-6-3-5-15(28)11-16)14-39-24(38)35(26)23-31-9-4-10-32-23/h1-11,17,20H,12-14H2,(H,33,36)(H,34,37)/t20-,26?/m1/s1. The molecule has 13 heteroatoms. The Morgan fingerprint density at radius 3 is 2.46 bits per heavy atom. The number of nitrogens with zero attached hydrogens (tertiary/aromatic N) is 3. The lowest BCUT2D eigenvalue weighted by Crippen LogP contribution is -2.64. The highest BCUT2D eigenvalue weighted by Crippen LogP contribution is 2.44. The molecule has 5 rings (SSSR count). The molecule has 1 aliphatic carbocycles. The first kappa shape index (κ1) is 26.4. The zero-order valence-electron chi connectivity index (χ0n) is 20.1. The van der Waals surface area contributed by atoms with Crippen molar-refractivity contribution in [2.75, 3.05) is 16.8 Å². The maximum absolute atomic E-state index is 14.2. The van der Waals surface area contributed by atoms with Gasteiger partial charge in [-0.05, 0) is 35.9 Å². The molecule has 1 unspecified atom stereocenters. The zero-order valence-corrected chi connectivity index (χ0v) is 20.9. The molecule has 1 saturated heterocycles. The molecule has 1 aliphatic heterocycles. The van der Waals surface area contributed by atoms with Crippen LogP contribution < -0.4 is 15.5 Å². The summed E-state index contributed by atoms with van der Waals surface area (Å²) in [5, 5.41) is 5.19. The van der Waals surface area contributed by atoms with Crippen molar-refractivity contribution in [1.29, 1.82) is 0 Å². The van der Waals surface area contributed by atoms with Gasteiger partial charge in [-0.25, -0.2) is 32.8 Å². The lowest BCUT2D eigenvalue weighted by molar-refractivity contribution is -0.135. The van der Waals surface area contributed by atoms with Crippen molar-refractivity contribution in [3.05, 3.63) is 83.4 Å². The molecule has 1 aromatic heterocycles. The summed E-state index contributed by atoms with van der Waals surface area (Å²) in [6.07, 6.45) is 0.444. The van der Waals surface area contributed by atoms with Crippen molar-refractivity contribution in [3.63, 3.8) is 0 Å². The van der Waals surface area contributed by atoms with Gasteiger partial charge in [0.15, 0.2) is 5.54 Å². The maximum Gasteiger partial charge on any atom is 0.417 e. The largest absolute Gasteiger partial charge is 0.446 e. The van der Waals surface area contributed by atoms with Crippen molar-refractivity contribution in [2.24, 2.45) is 0 Å². The molecule has 3 amide bonds. The molecule has 2 aliphatic rings. The fourth-order valence-electron chi connectivity index (χ4n) is 4.82. The Kier molecular flexibility index (Phi) is 6.89. The fourth-order valence-corrected chi connectivity index (χ4v) is 5.06. The monoisotopic (exact) mass is 559 g/mol. The second kappa shape index (κ2) is 10.2. The minimum atomic E-state index is -2.93. The Hall–Kier alpha value is -4.19. The van der Waals surface area contributed by atoms with Gasteiger partial charge >= 0.3 is 6.09 Å². The number of carbonyl (C=O) groups is 3. The molecule has 0 radical (unpaired) electrons. The van der Waals surface area contributed by atoms with Crippen molar-refractivity contribution in [2.45, 2.75) is 36.3 Å². The molecule has 9 nitrogen and oxygen atoms in total. The van der Waals surface area contributed by atoms with Crippen molar-refractivity contribution in [3.8, 4) is 0 Å². The van der Waals surface area contributed by atoms with E-state index in [1.807, 2.05) is 0 Å². The minimum Gasteiger partial charge on any atom is -0.446 e. The van der Waals surface area contributed by atoms with Crippen LogP contribution >= 0.6 is 11.6 Å². The van der Waals surface area contributed by atoms with E-state index in [0.717, 1.165) is 11.0 Å². The van der Waals surface area contributed by atoms with E-state index < -0.39 is 66.6 Å². The number of hydrogen-bond acceptors (Lipinski definition) is 6. The van der Waals surface area contributed by atoms with Gasteiger partial charge in [0.05, 0.1) is 0 Å². The van der Waals surface area contributed by atoms with E-state index in [1.54, 1.807) is 12.1 Å². The Labute approximate surface area is 225 Å². The van der Waals surface area contributed by atoms with E-state index >= 15 is 0 Å². The molecule has 0 bridgehead atoms. The van der Waals surface area contributed by atoms with Crippen molar-refractivity contribution >= 4 is 41.1 Å². The van der Waals surface area contributed by atoms with Crippen LogP contribution in [0, 0.1) is 5.82 Å². The van der Waals surface area contributed by atoms with Crippen LogP contribution in [0.25, 0.3) is 0 Å². The molecule has 0 spiro atoms. The van der Waals surface area contributed by atoms with E-state index in [1.165, 1.54) is 48.8 Å². The summed E-state index contributed by atoms with van der Waals surface area (Å²) in [5.41, 5.74) is -2.05. The number of anilines is 2. The lowest BCUT2D eigenvalue weighted by atomic mass is 9.76. The van der Waals surface area contributed by atoms with Crippen molar-refractivity contribution < 1.29 is 32.3 Å². The van der Waals surface area contributed by atoms with Crippen LogP contribution in [0.5, 0.6) is 0 Å². The van der Waals surface area contributed by atoms with Crippen LogP contribution in [0.3, 0.4) is 0 Å². The summed E-state index contributed by atoms with van der Waals surface area (Å²) < 4.78 is 46.4. The molecule has 2 fully saturated rings. The number of ether oxygens (including phenoxy) is 1. The van der Waals surface area contributed by atoms with E-state index in [9.17, 15) is 27.6 Å². The Bertz CT molecular complexity index is 1420. The molecule has 2 atom stereocenters. The first-order chi connectivity index (χ1) is 18.6. The highest BCUT2D eigenvalue weighted by molar-refractivity contribution is 6.32. The van der Waals surface area contributed by atoms with Gasteiger partial charge in [-0.2, -0.15) is 0 Å². The van der Waals surface area contributed by atoms with Gasteiger partial charge in [0.2, 0.25) is 11.9 Å². The molecule has 39 heavy (non-hydrogen) atoms. The number of cyclic esters (lactones) is 1. The number of benzene rings is 2. The number of amides is 3. The second-order valence-electron chi connectivity index (χ2n) is 9.25. The fraction of sp³-hybridized carbons (Fsp3) is 0.269. The van der Waals surface area contributed by atoms with Gasteiger partial charge in [-0.15, -0.1) is 0 Å². The summed E-state index contributed by atoms with van der Waals surface area (Å²) in [6.45, 7) is -0.657. The number of aromatic nitrogens is 2. The van der Waals surface area contributed by atoms with Crippen LogP contribution in [0.1, 0.15) is 24.3 Å². The zero-order chi connectivity index (χ0) is 27.8. The summed E-state index contributed by atoms with van der Waals surface area (Å²) in [5.74, 6) is -7.20. The summed E-state index contributed by atoms with van der Waals surface area (Å²) in [6, 6.07) is 11.7. The third-order valence-electron chi connectivity index (χ3n) is 6.62. The molecule has 202 valence electrons. The highest BCUT2D eigenvalue weighted by atomic mass is 35.5. The van der Waals surface area contributed by atoms with Crippen LogP contribution in [0.4, 0.5) is 29.6 Å². The number of hydrogen-bond donors (Lipinski definition) is 2. The van der Waals surface area contributed by atoms with Crippen LogP contribution in [0.2, 0.25) is 5.02 Å². The SMILES string of the molecule is O=C(NC1CC(F)(F)C1)[C@@H](c1ccccc1Cl)C1(C(=O)Nc2cccc(F)c2)COC(=O)N1c1ncccn1. The van der Waals surface area contributed by atoms with Gasteiger partial charge in [0, 0.05) is 42.0 Å². The lowest BCUT2D eigenvalue weighted by Gasteiger charge is -2.41. The van der Waals surface area contributed by atoms with E-state index in [4.69, 9.17) is 16.3 Å². The number of halogens is 4. The molecule has 3 aromatic rings. The predicted octanol–water partition coefficient (Wildman–Crippen LogP) is 4.30. The third kappa shape index (κ3) is 4.99. The normalized spacial score (nSPS) is 21.0. The van der Waals surface area contributed by atoms with E-state index in [2.05, 4.69) is 20.6 Å². The van der Waals surface area contributed by atoms with Crippen LogP contribution in [-0.2, 0) is 14.3 Å². The molecular weight excluding hydrogens is 539 g/mol. The minimum absolute atomic E-state index is 0.0320. The maximum atomic E-state index is 14.2. The average Bonchev–Trinajstić information content (AvgIpc) is 3.22. The van der Waals surface area contributed by atoms with Gasteiger partial charge in [0.25, 0.3) is 11.8 Å². The smallest absolute Gasteiger partial charge is 0.417 e. The summed E-state index contributed by atoms with van der Waals surface area (Å²) in [7, 11) is 0. The van der Waals surface area contributed by atoms with Crippen molar-refractivity contribution in [1.82, 2.24) is 15.3 Å². The Morgan fingerprint density at radius 1 is 1.08 bits per heavy atom. The highest BCUT2D eigenvalue weighted by Gasteiger charge is 2.63. The Balaban J connectivity index is 1.67. The van der Waals surface area contributed by atoms with E-state index in [-0.39, 0.29) is 22.2 Å². The van der Waals surface area contributed by atoms with Gasteiger partial charge in [-0.1, -0.05) is 35.9 Å². The Morgan fingerprint density at radius 2 is 1.79 bits per heavy atom. The molecule has 1 saturated carbocycles. The van der Waals surface area contributed by atoms with E-state index in [0.29, 0.717) is 0 Å².